The lowest BCUT2D eigenvalue weighted by Gasteiger charge is -2.33. The number of carbonyl (C=O) groups excluding carboxylic acids is 1. The van der Waals surface area contributed by atoms with Gasteiger partial charge in [0.05, 0.1) is 52.3 Å². The van der Waals surface area contributed by atoms with E-state index in [2.05, 4.69) is 54.2 Å². The minimum absolute atomic E-state index is 0.103. The van der Waals surface area contributed by atoms with Crippen molar-refractivity contribution in [2.45, 2.75) is 37.8 Å². The van der Waals surface area contributed by atoms with Gasteiger partial charge < -0.3 is 33.2 Å². The number of ether oxygens (including phenoxy) is 2. The van der Waals surface area contributed by atoms with E-state index in [1.54, 1.807) is 25.5 Å². The van der Waals surface area contributed by atoms with Gasteiger partial charge in [-0.3, -0.25) is 4.79 Å². The highest BCUT2D eigenvalue weighted by molar-refractivity contribution is 6.42. The van der Waals surface area contributed by atoms with Crippen LogP contribution in [0.15, 0.2) is 89.8 Å². The predicted octanol–water partition coefficient (Wildman–Crippen LogP) is 6.52. The van der Waals surface area contributed by atoms with Crippen LogP contribution in [0.25, 0.3) is 16.7 Å². The molecule has 13 nitrogen and oxygen atoms in total. The second-order valence-electron chi connectivity index (χ2n) is 14.1. The van der Waals surface area contributed by atoms with Gasteiger partial charge in [0, 0.05) is 44.7 Å². The number of furan rings is 1. The monoisotopic (exact) mass is 783 g/mol. The van der Waals surface area contributed by atoms with Gasteiger partial charge in [0.25, 0.3) is 5.91 Å². The summed E-state index contributed by atoms with van der Waals surface area (Å²) in [6, 6.07) is 23.4. The van der Waals surface area contributed by atoms with E-state index in [1.807, 2.05) is 41.3 Å². The van der Waals surface area contributed by atoms with Gasteiger partial charge in [0.1, 0.15) is 24.4 Å². The number of benzene rings is 3. The Balaban J connectivity index is 0.974. The van der Waals surface area contributed by atoms with Crippen LogP contribution in [-0.2, 0) is 23.3 Å². The van der Waals surface area contributed by atoms with E-state index >= 15 is 0 Å². The minimum atomic E-state index is -0.319. The molecule has 55 heavy (non-hydrogen) atoms. The normalized spacial score (nSPS) is 17.9. The third-order valence-electron chi connectivity index (χ3n) is 10.9. The minimum Gasteiger partial charge on any atom is -0.496 e. The number of anilines is 1. The van der Waals surface area contributed by atoms with Gasteiger partial charge in [-0.25, -0.2) is 9.67 Å². The fraction of sp³-hybridized carbons (Fsp3) is 0.375. The Morgan fingerprint density at radius 3 is 2.67 bits per heavy atom. The molecular weight excluding hydrogens is 741 g/mol. The second-order valence-corrected chi connectivity index (χ2v) is 15.0. The fourth-order valence-corrected chi connectivity index (χ4v) is 8.22. The van der Waals surface area contributed by atoms with Crippen molar-refractivity contribution in [1.82, 2.24) is 39.6 Å². The van der Waals surface area contributed by atoms with Crippen LogP contribution in [0, 0.1) is 0 Å². The standard InChI is InChI=1S/C40H43Cl2N9O4/c1-53-37-12-10-30(51-28-43-45-46-51)25-32(37)38(52)49-18-14-40(27-49,29-9-11-33(41)34(42)24-29)13-17-47-15-5-16-48(20-19-47)39-44-35-7-2-3-8-36(35)50(39)21-23-54-26-31-6-4-22-55-31/h2-4,6-12,22,24-25,28H,5,13-21,23,26-27H2,1H3. The Hall–Kier alpha value is -4.95. The second kappa shape index (κ2) is 16.4. The molecule has 6 aromatic rings. The maximum absolute atomic E-state index is 14.2. The number of likely N-dealkylation sites (tertiary alicyclic amines) is 1. The summed E-state index contributed by atoms with van der Waals surface area (Å²) >= 11 is 13.0. The number of aromatic nitrogens is 6. The van der Waals surface area contributed by atoms with Crippen molar-refractivity contribution < 1.29 is 18.7 Å². The van der Waals surface area contributed by atoms with Crippen LogP contribution in [0.2, 0.25) is 10.0 Å². The van der Waals surface area contributed by atoms with Gasteiger partial charge in [-0.2, -0.15) is 0 Å². The highest BCUT2D eigenvalue weighted by Gasteiger charge is 2.42. The van der Waals surface area contributed by atoms with Gasteiger partial charge in [0.15, 0.2) is 0 Å². The summed E-state index contributed by atoms with van der Waals surface area (Å²) < 4.78 is 20.9. The zero-order valence-corrected chi connectivity index (χ0v) is 32.2. The molecule has 8 rings (SSSR count). The Morgan fingerprint density at radius 2 is 1.85 bits per heavy atom. The zero-order chi connectivity index (χ0) is 37.8. The lowest BCUT2D eigenvalue weighted by molar-refractivity contribution is 0.0777. The topological polar surface area (TPSA) is 120 Å². The maximum atomic E-state index is 14.2. The number of hydrogen-bond acceptors (Lipinski definition) is 10. The van der Waals surface area contributed by atoms with Crippen LogP contribution in [0.5, 0.6) is 5.75 Å². The van der Waals surface area contributed by atoms with Crippen molar-refractivity contribution in [3.8, 4) is 11.4 Å². The number of rotatable bonds is 13. The first-order chi connectivity index (χ1) is 26.9. The van der Waals surface area contributed by atoms with Gasteiger partial charge >= 0.3 is 0 Å². The van der Waals surface area contributed by atoms with Crippen molar-refractivity contribution in [2.75, 3.05) is 64.4 Å². The van der Waals surface area contributed by atoms with Crippen molar-refractivity contribution in [1.29, 1.82) is 0 Å². The van der Waals surface area contributed by atoms with Gasteiger partial charge in [-0.15, -0.1) is 5.10 Å². The molecule has 1 atom stereocenters. The molecule has 0 N–H and O–H groups in total. The summed E-state index contributed by atoms with van der Waals surface area (Å²) in [5.41, 5.74) is 3.99. The molecule has 286 valence electrons. The molecule has 2 aliphatic heterocycles. The lowest BCUT2D eigenvalue weighted by atomic mass is 9.76. The first-order valence-electron chi connectivity index (χ1n) is 18.6. The van der Waals surface area contributed by atoms with E-state index < -0.39 is 0 Å². The fourth-order valence-electron chi connectivity index (χ4n) is 7.93. The van der Waals surface area contributed by atoms with Gasteiger partial charge in [-0.1, -0.05) is 41.4 Å². The maximum Gasteiger partial charge on any atom is 0.257 e. The summed E-state index contributed by atoms with van der Waals surface area (Å²) in [4.78, 5) is 26.2. The van der Waals surface area contributed by atoms with E-state index in [4.69, 9.17) is 42.1 Å². The molecule has 0 saturated carbocycles. The summed E-state index contributed by atoms with van der Waals surface area (Å²) in [5, 5.41) is 12.5. The van der Waals surface area contributed by atoms with Gasteiger partial charge in [0.2, 0.25) is 5.95 Å². The van der Waals surface area contributed by atoms with Crippen molar-refractivity contribution in [3.63, 3.8) is 0 Å². The Labute approximate surface area is 329 Å². The molecule has 5 heterocycles. The van der Waals surface area contributed by atoms with Crippen LogP contribution < -0.4 is 9.64 Å². The zero-order valence-electron chi connectivity index (χ0n) is 30.7. The number of methoxy groups -OCH3 is 1. The third kappa shape index (κ3) is 7.93. The van der Waals surface area contributed by atoms with E-state index in [1.165, 1.54) is 11.0 Å². The molecule has 15 heteroatoms. The molecule has 1 unspecified atom stereocenters. The number of tetrazole rings is 1. The number of hydrogen-bond donors (Lipinski definition) is 0. The highest BCUT2D eigenvalue weighted by Crippen LogP contribution is 2.41. The molecule has 0 aliphatic carbocycles. The molecule has 2 aliphatic rings. The van der Waals surface area contributed by atoms with Crippen molar-refractivity contribution in [3.05, 3.63) is 112 Å². The SMILES string of the molecule is COc1ccc(-n2cnnn2)cc1C(=O)N1CCC(CCN2CCCN(c3nc4ccccc4n3CCOCc3ccco3)CC2)(c2ccc(Cl)c(Cl)c2)C1. The largest absolute Gasteiger partial charge is 0.496 e. The molecule has 0 radical (unpaired) electrons. The van der Waals surface area contributed by atoms with Crippen LogP contribution in [-0.4, -0.2) is 105 Å². The number of amides is 1. The molecule has 0 spiro atoms. The van der Waals surface area contributed by atoms with Crippen LogP contribution in [0.1, 0.15) is 40.9 Å². The Bertz CT molecular complexity index is 2230. The summed E-state index contributed by atoms with van der Waals surface area (Å²) in [7, 11) is 1.57. The number of fused-ring (bicyclic) bond motifs is 1. The molecular formula is C40H43Cl2N9O4. The number of halogens is 2. The highest BCUT2D eigenvalue weighted by atomic mass is 35.5. The number of nitrogens with zero attached hydrogens (tertiary/aromatic N) is 9. The molecule has 0 bridgehead atoms. The first kappa shape index (κ1) is 37.0. The van der Waals surface area contributed by atoms with Crippen molar-refractivity contribution >= 4 is 46.1 Å². The van der Waals surface area contributed by atoms with E-state index in [-0.39, 0.29) is 11.3 Å². The Kier molecular flexibility index (Phi) is 11.0. The molecule has 1 amide bonds. The average molecular weight is 785 g/mol. The van der Waals surface area contributed by atoms with Crippen LogP contribution in [0.3, 0.4) is 0 Å². The number of para-hydroxylation sites is 2. The lowest BCUT2D eigenvalue weighted by Crippen LogP contribution is -2.39. The van der Waals surface area contributed by atoms with Crippen LogP contribution >= 0.6 is 23.2 Å². The van der Waals surface area contributed by atoms with Crippen molar-refractivity contribution in [2.24, 2.45) is 0 Å². The number of imidazole rings is 1. The van der Waals surface area contributed by atoms with Crippen LogP contribution in [0.4, 0.5) is 5.95 Å². The Morgan fingerprint density at radius 1 is 0.945 bits per heavy atom. The summed E-state index contributed by atoms with van der Waals surface area (Å²) in [5.74, 6) is 2.18. The third-order valence-corrected chi connectivity index (χ3v) is 11.6. The molecule has 2 saturated heterocycles. The average Bonchev–Trinajstić information content (AvgIpc) is 4.04. The molecule has 3 aromatic heterocycles. The quantitative estimate of drug-likeness (QED) is 0.120. The molecule has 3 aromatic carbocycles. The van der Waals surface area contributed by atoms with E-state index in [9.17, 15) is 4.79 Å². The molecule has 2 fully saturated rings. The smallest absolute Gasteiger partial charge is 0.257 e. The number of carbonyl (C=O) groups is 1. The predicted molar refractivity (Wildman–Crippen MR) is 210 cm³/mol. The summed E-state index contributed by atoms with van der Waals surface area (Å²) in [6.45, 7) is 7.26. The first-order valence-corrected chi connectivity index (χ1v) is 19.4. The summed E-state index contributed by atoms with van der Waals surface area (Å²) in [6.07, 6.45) is 5.80. The van der Waals surface area contributed by atoms with Gasteiger partial charge in [-0.05, 0) is 103 Å². The van der Waals surface area contributed by atoms with E-state index in [0.717, 1.165) is 80.3 Å². The van der Waals surface area contributed by atoms with E-state index in [0.29, 0.717) is 59.9 Å².